The number of carbonyl (C=O) groups is 1. The number of benzene rings is 1. The molecule has 0 bridgehead atoms. The minimum Gasteiger partial charge on any atom is -0.484 e. The zero-order chi connectivity index (χ0) is 15.5. The summed E-state index contributed by atoms with van der Waals surface area (Å²) in [4.78, 5) is 11.2. The Labute approximate surface area is 119 Å². The maximum atomic E-state index is 11.9. The number of hydrogen-bond donors (Lipinski definition) is 2. The molecule has 1 atom stereocenters. The lowest BCUT2D eigenvalue weighted by Crippen LogP contribution is -2.36. The molecule has 1 aromatic rings. The second-order valence-corrected chi connectivity index (χ2v) is 4.95. The second-order valence-electron chi connectivity index (χ2n) is 4.95. The van der Waals surface area contributed by atoms with Gasteiger partial charge in [0.05, 0.1) is 6.10 Å². The lowest BCUT2D eigenvalue weighted by molar-refractivity contribution is -0.139. The van der Waals surface area contributed by atoms with Crippen LogP contribution in [0.4, 0.5) is 13.2 Å². The Morgan fingerprint density at radius 2 is 2.19 bits per heavy atom. The summed E-state index contributed by atoms with van der Waals surface area (Å²) < 4.78 is 40.9. The molecule has 0 fully saturated rings. The van der Waals surface area contributed by atoms with E-state index in [1.165, 1.54) is 0 Å². The number of halogens is 3. The van der Waals surface area contributed by atoms with E-state index in [4.69, 9.17) is 4.74 Å². The van der Waals surface area contributed by atoms with Gasteiger partial charge in [0.25, 0.3) is 5.91 Å². The Morgan fingerprint density at radius 1 is 1.43 bits per heavy atom. The summed E-state index contributed by atoms with van der Waals surface area (Å²) in [7, 11) is 0. The third-order valence-corrected chi connectivity index (χ3v) is 3.26. The standard InChI is InChI=1S/C14H16F3NO3/c15-14(16,17)8-18-13(20)7-21-10-5-4-9-2-1-3-12(19)11(9)6-10/h4-6,12,19H,1-3,7-8H2,(H,18,20)/t12-/m1/s1. The molecular formula is C14H16F3NO3. The van der Waals surface area contributed by atoms with E-state index in [9.17, 15) is 23.1 Å². The van der Waals surface area contributed by atoms with E-state index < -0.39 is 31.3 Å². The van der Waals surface area contributed by atoms with Crippen LogP contribution in [0.2, 0.25) is 0 Å². The summed E-state index contributed by atoms with van der Waals surface area (Å²) in [6.45, 7) is -1.87. The van der Waals surface area contributed by atoms with Gasteiger partial charge >= 0.3 is 6.18 Å². The van der Waals surface area contributed by atoms with E-state index in [0.29, 0.717) is 12.2 Å². The monoisotopic (exact) mass is 303 g/mol. The van der Waals surface area contributed by atoms with Crippen LogP contribution in [-0.2, 0) is 11.2 Å². The van der Waals surface area contributed by atoms with E-state index >= 15 is 0 Å². The molecule has 4 nitrogen and oxygen atoms in total. The number of aryl methyl sites for hydroxylation is 1. The normalized spacial score (nSPS) is 18.0. The number of fused-ring (bicyclic) bond motifs is 1. The van der Waals surface area contributed by atoms with Crippen LogP contribution in [0.25, 0.3) is 0 Å². The molecule has 0 radical (unpaired) electrons. The van der Waals surface area contributed by atoms with Crippen LogP contribution in [0.15, 0.2) is 18.2 Å². The largest absolute Gasteiger partial charge is 0.484 e. The van der Waals surface area contributed by atoms with E-state index in [-0.39, 0.29) is 0 Å². The van der Waals surface area contributed by atoms with Crippen LogP contribution in [-0.4, -0.2) is 30.3 Å². The molecule has 0 saturated heterocycles. The Hall–Kier alpha value is -1.76. The van der Waals surface area contributed by atoms with Crippen molar-refractivity contribution in [1.82, 2.24) is 5.32 Å². The number of aliphatic hydroxyl groups excluding tert-OH is 1. The van der Waals surface area contributed by atoms with Crippen molar-refractivity contribution >= 4 is 5.91 Å². The minimum absolute atomic E-state index is 0.358. The molecule has 1 amide bonds. The van der Waals surface area contributed by atoms with Crippen molar-refractivity contribution < 1.29 is 27.8 Å². The van der Waals surface area contributed by atoms with Gasteiger partial charge in [0.2, 0.25) is 0 Å². The van der Waals surface area contributed by atoms with Crippen LogP contribution < -0.4 is 10.1 Å². The lowest BCUT2D eigenvalue weighted by atomic mass is 9.89. The molecule has 2 rings (SSSR count). The zero-order valence-corrected chi connectivity index (χ0v) is 11.2. The van der Waals surface area contributed by atoms with Gasteiger partial charge in [0, 0.05) is 0 Å². The predicted octanol–water partition coefficient (Wildman–Crippen LogP) is 2.11. The fraction of sp³-hybridized carbons (Fsp3) is 0.500. The third kappa shape index (κ3) is 4.63. The molecule has 21 heavy (non-hydrogen) atoms. The number of ether oxygens (including phenoxy) is 1. The van der Waals surface area contributed by atoms with Crippen molar-refractivity contribution in [3.05, 3.63) is 29.3 Å². The van der Waals surface area contributed by atoms with Crippen LogP contribution in [0, 0.1) is 0 Å². The average molecular weight is 303 g/mol. The van der Waals surface area contributed by atoms with E-state index in [2.05, 4.69) is 0 Å². The van der Waals surface area contributed by atoms with Crippen LogP contribution in [0.5, 0.6) is 5.75 Å². The van der Waals surface area contributed by atoms with Gasteiger partial charge in [-0.25, -0.2) is 0 Å². The lowest BCUT2D eigenvalue weighted by Gasteiger charge is -2.21. The number of aliphatic hydroxyl groups is 1. The first-order chi connectivity index (χ1) is 9.85. The van der Waals surface area contributed by atoms with E-state index in [1.807, 2.05) is 0 Å². The van der Waals surface area contributed by atoms with E-state index in [1.54, 1.807) is 23.5 Å². The highest BCUT2D eigenvalue weighted by atomic mass is 19.4. The summed E-state index contributed by atoms with van der Waals surface area (Å²) in [5.74, 6) is -0.484. The van der Waals surface area contributed by atoms with Crippen LogP contribution in [0.3, 0.4) is 0 Å². The second kappa shape index (κ2) is 6.34. The molecule has 1 aromatic carbocycles. The van der Waals surface area contributed by atoms with Crippen LogP contribution >= 0.6 is 0 Å². The molecule has 0 aliphatic heterocycles. The number of hydrogen-bond acceptors (Lipinski definition) is 3. The molecule has 0 spiro atoms. The maximum Gasteiger partial charge on any atom is 0.405 e. The Kier molecular flexibility index (Phi) is 4.72. The number of carbonyl (C=O) groups excluding carboxylic acids is 1. The highest BCUT2D eigenvalue weighted by molar-refractivity contribution is 5.77. The van der Waals surface area contributed by atoms with Crippen molar-refractivity contribution in [2.24, 2.45) is 0 Å². The zero-order valence-electron chi connectivity index (χ0n) is 11.2. The molecule has 7 heteroatoms. The van der Waals surface area contributed by atoms with Crippen molar-refractivity contribution in [3.8, 4) is 5.75 Å². The van der Waals surface area contributed by atoms with Gasteiger partial charge in [0.15, 0.2) is 6.61 Å². The summed E-state index contributed by atoms with van der Waals surface area (Å²) in [6.07, 6.45) is -2.54. The quantitative estimate of drug-likeness (QED) is 0.895. The first-order valence-electron chi connectivity index (χ1n) is 6.62. The summed E-state index contributed by atoms with van der Waals surface area (Å²) in [5.41, 5.74) is 1.79. The highest BCUT2D eigenvalue weighted by Crippen LogP contribution is 2.32. The van der Waals surface area contributed by atoms with Crippen molar-refractivity contribution in [1.29, 1.82) is 0 Å². The average Bonchev–Trinajstić information content (AvgIpc) is 2.43. The molecule has 0 aromatic heterocycles. The molecule has 1 aliphatic rings. The van der Waals surface area contributed by atoms with Gasteiger partial charge in [-0.15, -0.1) is 0 Å². The van der Waals surface area contributed by atoms with Crippen molar-refractivity contribution in [2.75, 3.05) is 13.2 Å². The number of alkyl halides is 3. The number of nitrogens with one attached hydrogen (secondary N) is 1. The van der Waals surface area contributed by atoms with Gasteiger partial charge < -0.3 is 15.2 Å². The van der Waals surface area contributed by atoms with Crippen molar-refractivity contribution in [3.63, 3.8) is 0 Å². The summed E-state index contributed by atoms with van der Waals surface area (Å²) >= 11 is 0. The smallest absolute Gasteiger partial charge is 0.405 e. The van der Waals surface area contributed by atoms with E-state index in [0.717, 1.165) is 24.0 Å². The number of amides is 1. The maximum absolute atomic E-state index is 11.9. The van der Waals surface area contributed by atoms with Gasteiger partial charge in [0.1, 0.15) is 12.3 Å². The van der Waals surface area contributed by atoms with Crippen LogP contribution in [0.1, 0.15) is 30.1 Å². The topological polar surface area (TPSA) is 58.6 Å². The van der Waals surface area contributed by atoms with Gasteiger partial charge in [-0.2, -0.15) is 13.2 Å². The first kappa shape index (κ1) is 15.6. The molecule has 0 saturated carbocycles. The molecule has 2 N–H and O–H groups in total. The number of rotatable bonds is 4. The first-order valence-corrected chi connectivity index (χ1v) is 6.62. The molecule has 0 heterocycles. The predicted molar refractivity (Wildman–Crippen MR) is 68.9 cm³/mol. The highest BCUT2D eigenvalue weighted by Gasteiger charge is 2.27. The minimum atomic E-state index is -4.44. The fourth-order valence-corrected chi connectivity index (χ4v) is 2.24. The molecular weight excluding hydrogens is 287 g/mol. The third-order valence-electron chi connectivity index (χ3n) is 3.26. The molecule has 1 aliphatic carbocycles. The van der Waals surface area contributed by atoms with Crippen molar-refractivity contribution in [2.45, 2.75) is 31.5 Å². The Bertz CT molecular complexity index is 517. The fourth-order valence-electron chi connectivity index (χ4n) is 2.24. The summed E-state index contributed by atoms with van der Waals surface area (Å²) in [6, 6.07) is 5.09. The SMILES string of the molecule is O=C(COc1ccc2c(c1)[C@H](O)CCC2)NCC(F)(F)F. The Balaban J connectivity index is 1.89. The van der Waals surface area contributed by atoms with Gasteiger partial charge in [-0.1, -0.05) is 6.07 Å². The Morgan fingerprint density at radius 3 is 2.90 bits per heavy atom. The van der Waals surface area contributed by atoms with Gasteiger partial charge in [-0.05, 0) is 42.5 Å². The molecule has 116 valence electrons. The summed E-state index contributed by atoms with van der Waals surface area (Å²) in [5, 5.41) is 11.6. The van der Waals surface area contributed by atoms with Gasteiger partial charge in [-0.3, -0.25) is 4.79 Å². The molecule has 0 unspecified atom stereocenters.